The van der Waals surface area contributed by atoms with Crippen LogP contribution in [0.2, 0.25) is 0 Å². The Morgan fingerprint density at radius 3 is 0.881 bits per heavy atom. The molecule has 746 valence electrons. The molecule has 0 radical (unpaired) electrons. The van der Waals surface area contributed by atoms with E-state index in [-0.39, 0.29) is 28.5 Å². The lowest BCUT2D eigenvalue weighted by Gasteiger charge is -2.26. The van der Waals surface area contributed by atoms with Crippen LogP contribution in [0.25, 0.3) is 44.5 Å². The number of hydrogen-bond donors (Lipinski definition) is 0. The maximum atomic E-state index is 14.5. The van der Waals surface area contributed by atoms with Gasteiger partial charge in [-0.1, -0.05) is 115 Å². The lowest BCUT2D eigenvalue weighted by Crippen LogP contribution is -2.39. The lowest BCUT2D eigenvalue weighted by molar-refractivity contribution is -0.159. The number of nitrogens with zero attached hydrogens (tertiary/aromatic N) is 5. The standard InChI is InChI=1S/C31H27F2NO4.C27H25F4NO4.C27H26F3NO5.C25H24F2N2O4/c1-31(2,3)38-28(35)20-34(30(36)29-26(32)13-8-14-27(29)33)23-10-7-9-22(19-23)21-15-17-25(18-16-21)37-24-11-5-4-6-12-24;1-26(2,3)36-23(33)16-32(25(34)24-21(28)12-7-13-22(24)29)19-10-5-8-17(14-19)18-9-6-11-20(15-18)35-27(4,30)31;1-27(2,3)36-24(32)15-31(26(33)25-20(29)13-18(28)14-21(25)30)19-8-6-7-16(11-19)17-9-10-22(34-4)23(12-17)35-5;1-25(2,3)33-22(30)15-29(24(31)23-19(26)9-6-10-20(23)27)18-8-5-7-16(13-18)17-11-12-21(32-4)28-14-17/h4-19H,20H2,1-3H3;5-15H,16H2,1-4H3;6-14H,15H2,1-5H3;5-14H,15H2,1-4H3. The van der Waals surface area contributed by atoms with Crippen LogP contribution < -0.4 is 43.3 Å². The number of halogens is 11. The number of amides is 4. The fourth-order valence-corrected chi connectivity index (χ4v) is 13.9. The predicted octanol–water partition coefficient (Wildman–Crippen LogP) is 24.8. The van der Waals surface area contributed by atoms with Gasteiger partial charge >= 0.3 is 30.0 Å². The summed E-state index contributed by atoms with van der Waals surface area (Å²) >= 11 is 0. The molecule has 12 aromatic carbocycles. The van der Waals surface area contributed by atoms with Crippen LogP contribution in [0, 0.1) is 52.4 Å². The highest BCUT2D eigenvalue weighted by molar-refractivity contribution is 6.12. The Kier molecular flexibility index (Phi) is 36.2. The molecule has 0 spiro atoms. The van der Waals surface area contributed by atoms with Gasteiger partial charge in [-0.2, -0.15) is 8.78 Å². The average Bonchev–Trinajstić information content (AvgIpc) is 0.785. The van der Waals surface area contributed by atoms with Gasteiger partial charge < -0.3 is 42.6 Å². The highest BCUT2D eigenvalue weighted by atomic mass is 19.3. The van der Waals surface area contributed by atoms with Crippen molar-refractivity contribution in [2.75, 3.05) is 67.1 Å². The summed E-state index contributed by atoms with van der Waals surface area (Å²) in [5.74, 6) is -14.8. The molecule has 1 aromatic heterocycles. The van der Waals surface area contributed by atoms with E-state index >= 15 is 0 Å². The van der Waals surface area contributed by atoms with E-state index in [1.54, 1.807) is 198 Å². The first-order valence-corrected chi connectivity index (χ1v) is 44.1. The Balaban J connectivity index is 0.000000196. The first-order chi connectivity index (χ1) is 67.3. The molecule has 0 saturated carbocycles. The zero-order chi connectivity index (χ0) is 105. The third-order valence-corrected chi connectivity index (χ3v) is 19.8. The van der Waals surface area contributed by atoms with Crippen LogP contribution in [-0.2, 0) is 38.1 Å². The van der Waals surface area contributed by atoms with Gasteiger partial charge in [0, 0.05) is 59.6 Å². The van der Waals surface area contributed by atoms with E-state index in [4.69, 9.17) is 37.9 Å². The Bertz CT molecular complexity index is 6660. The van der Waals surface area contributed by atoms with Crippen molar-refractivity contribution in [1.82, 2.24) is 4.98 Å². The first kappa shape index (κ1) is 109. The quantitative estimate of drug-likeness (QED) is 0.0264. The molecule has 0 fully saturated rings. The Morgan fingerprint density at radius 2 is 0.559 bits per heavy atom. The molecule has 0 saturated heterocycles. The van der Waals surface area contributed by atoms with E-state index in [1.165, 1.54) is 63.8 Å². The summed E-state index contributed by atoms with van der Waals surface area (Å²) in [6.07, 6.45) is -1.80. The molecule has 13 rings (SSSR count). The predicted molar refractivity (Wildman–Crippen MR) is 518 cm³/mol. The van der Waals surface area contributed by atoms with Gasteiger partial charge in [0.25, 0.3) is 23.6 Å². The molecule has 22 nitrogen and oxygen atoms in total. The Labute approximate surface area is 819 Å². The second-order valence-corrected chi connectivity index (χ2v) is 35.7. The normalized spacial score (nSPS) is 11.2. The zero-order valence-electron chi connectivity index (χ0n) is 80.7. The summed E-state index contributed by atoms with van der Waals surface area (Å²) in [6, 6.07) is 67.4. The maximum Gasteiger partial charge on any atom is 0.394 e. The van der Waals surface area contributed by atoms with Crippen molar-refractivity contribution in [3.05, 3.63) is 354 Å². The van der Waals surface area contributed by atoms with Crippen LogP contribution in [0.4, 0.5) is 71.0 Å². The largest absolute Gasteiger partial charge is 0.493 e. The van der Waals surface area contributed by atoms with Crippen LogP contribution >= 0.6 is 0 Å². The molecule has 4 amide bonds. The van der Waals surface area contributed by atoms with Crippen LogP contribution in [0.3, 0.4) is 0 Å². The third kappa shape index (κ3) is 31.4. The number of para-hydroxylation sites is 1. The topological polar surface area (TPSA) is 245 Å². The number of alkyl halides is 2. The van der Waals surface area contributed by atoms with Gasteiger partial charge in [-0.15, -0.1) is 0 Å². The van der Waals surface area contributed by atoms with Gasteiger partial charge in [-0.3, -0.25) is 58.0 Å². The maximum absolute atomic E-state index is 14.5. The Morgan fingerprint density at radius 1 is 0.273 bits per heavy atom. The number of carbonyl (C=O) groups is 8. The van der Waals surface area contributed by atoms with Gasteiger partial charge in [0.15, 0.2) is 11.5 Å². The van der Waals surface area contributed by atoms with E-state index < -0.39 is 177 Å². The van der Waals surface area contributed by atoms with Crippen LogP contribution in [0.1, 0.15) is 131 Å². The highest BCUT2D eigenvalue weighted by Gasteiger charge is 2.36. The van der Waals surface area contributed by atoms with E-state index in [2.05, 4.69) is 9.72 Å². The van der Waals surface area contributed by atoms with Crippen molar-refractivity contribution in [2.45, 2.75) is 119 Å². The Hall–Kier alpha value is -16.2. The van der Waals surface area contributed by atoms with Gasteiger partial charge in [0.1, 0.15) is 140 Å². The molecule has 0 aliphatic rings. The number of anilines is 4. The molecular formula is C110H102F11N5O17. The smallest absolute Gasteiger partial charge is 0.394 e. The molecule has 1 heterocycles. The molecule has 143 heavy (non-hydrogen) atoms. The summed E-state index contributed by atoms with van der Waals surface area (Å²) < 4.78 is 203. The van der Waals surface area contributed by atoms with Gasteiger partial charge in [-0.25, -0.2) is 44.5 Å². The number of hydrogen-bond acceptors (Lipinski definition) is 18. The second-order valence-electron chi connectivity index (χ2n) is 35.7. The molecule has 0 aliphatic carbocycles. The molecule has 0 unspecified atom stereocenters. The van der Waals surface area contributed by atoms with E-state index in [0.717, 1.165) is 84.8 Å². The average molecular weight is 1980 g/mol. The van der Waals surface area contributed by atoms with Crippen molar-refractivity contribution >= 4 is 70.3 Å². The molecule has 13 aromatic rings. The first-order valence-electron chi connectivity index (χ1n) is 44.1. The fraction of sp³-hybridized carbons (Fsp3) is 0.227. The van der Waals surface area contributed by atoms with Crippen molar-refractivity contribution in [3.63, 3.8) is 0 Å². The minimum atomic E-state index is -3.39. The fourth-order valence-electron chi connectivity index (χ4n) is 13.9. The van der Waals surface area contributed by atoms with Crippen molar-refractivity contribution in [2.24, 2.45) is 0 Å². The summed E-state index contributed by atoms with van der Waals surface area (Å²) in [7, 11) is 4.50. The number of methoxy groups -OCH3 is 3. The van der Waals surface area contributed by atoms with Crippen molar-refractivity contribution < 1.29 is 129 Å². The van der Waals surface area contributed by atoms with Crippen molar-refractivity contribution in [1.29, 1.82) is 0 Å². The highest BCUT2D eigenvalue weighted by Crippen LogP contribution is 2.39. The van der Waals surface area contributed by atoms with Crippen LogP contribution in [0.5, 0.6) is 34.6 Å². The summed E-state index contributed by atoms with van der Waals surface area (Å²) in [6.45, 7) is 18.3. The SMILES string of the molecule is CC(C)(C)OC(=O)CN(C(=O)c1c(F)cccc1F)c1cccc(-c2ccc(Oc3ccccc3)cc2)c1.CC(C)(C)OC(=O)CN(C(=O)c1c(F)cccc1F)c1cccc(-c2cccc(OC(C)(F)F)c2)c1.COc1ccc(-c2cccc(N(CC(=O)OC(C)(C)C)C(=O)c3c(F)cc(F)cc3F)c2)cc1OC.COc1ccc(-c2cccc(N(CC(=O)OC(C)(C)C)C(=O)c3c(F)cccc3F)c2)cn1. The number of carbonyl (C=O) groups excluding carboxylic acids is 8. The van der Waals surface area contributed by atoms with Gasteiger partial charge in [-0.05, 0) is 262 Å². The number of rotatable bonds is 27. The van der Waals surface area contributed by atoms with Crippen molar-refractivity contribution in [3.8, 4) is 79.1 Å². The molecule has 0 aliphatic heterocycles. The van der Waals surface area contributed by atoms with E-state index in [9.17, 15) is 86.7 Å². The molecular weight excluding hydrogens is 1870 g/mol. The van der Waals surface area contributed by atoms with E-state index in [0.29, 0.717) is 75.8 Å². The van der Waals surface area contributed by atoms with Crippen LogP contribution in [0.15, 0.2) is 279 Å². The number of esters is 4. The molecule has 0 bridgehead atoms. The lowest BCUT2D eigenvalue weighted by atomic mass is 10.0. The minimum absolute atomic E-state index is 0.0829. The molecule has 33 heteroatoms. The summed E-state index contributed by atoms with van der Waals surface area (Å²) in [5.41, 5.74) is -0.582. The third-order valence-electron chi connectivity index (χ3n) is 19.8. The summed E-state index contributed by atoms with van der Waals surface area (Å²) in [4.78, 5) is 112. The van der Waals surface area contributed by atoms with E-state index in [1.807, 2.05) is 60.7 Å². The minimum Gasteiger partial charge on any atom is -0.493 e. The number of benzene rings is 12. The monoisotopic (exact) mass is 1970 g/mol. The van der Waals surface area contributed by atoms with Gasteiger partial charge in [0.2, 0.25) is 5.88 Å². The molecule has 0 atom stereocenters. The number of aromatic nitrogens is 1. The van der Waals surface area contributed by atoms with Gasteiger partial charge in [0.05, 0.1) is 21.3 Å². The molecule has 0 N–H and O–H groups in total. The van der Waals surface area contributed by atoms with Crippen LogP contribution in [-0.4, -0.2) is 129 Å². The summed E-state index contributed by atoms with van der Waals surface area (Å²) in [5, 5.41) is 0. The number of pyridine rings is 1. The zero-order valence-corrected chi connectivity index (χ0v) is 80.7. The number of ether oxygens (including phenoxy) is 9. The second kappa shape index (κ2) is 47.6.